The van der Waals surface area contributed by atoms with Gasteiger partial charge in [-0.05, 0) is 42.5 Å². The van der Waals surface area contributed by atoms with Gasteiger partial charge in [-0.15, -0.1) is 0 Å². The molecule has 0 spiro atoms. The van der Waals surface area contributed by atoms with Crippen LogP contribution in [0.15, 0.2) is 60.0 Å². The van der Waals surface area contributed by atoms with Gasteiger partial charge in [0.05, 0.1) is 11.4 Å². The molecule has 1 N–H and O–H groups in total. The van der Waals surface area contributed by atoms with Gasteiger partial charge in [-0.25, -0.2) is 4.98 Å². The van der Waals surface area contributed by atoms with Gasteiger partial charge in [-0.1, -0.05) is 62.0 Å². The molecule has 27 heavy (non-hydrogen) atoms. The fourth-order valence-corrected chi connectivity index (χ4v) is 3.86. The van der Waals surface area contributed by atoms with Crippen molar-refractivity contribution in [2.45, 2.75) is 38.8 Å². The van der Waals surface area contributed by atoms with Gasteiger partial charge in [0.15, 0.2) is 5.16 Å². The number of nitrogens with one attached hydrogen (secondary N) is 1. The van der Waals surface area contributed by atoms with Crippen molar-refractivity contribution in [1.82, 2.24) is 9.55 Å². The van der Waals surface area contributed by atoms with Gasteiger partial charge in [0.25, 0.3) is 0 Å². The van der Waals surface area contributed by atoms with E-state index in [1.807, 2.05) is 44.3 Å². The molecular formula is C22H25N3OS. The van der Waals surface area contributed by atoms with Gasteiger partial charge >= 0.3 is 0 Å². The summed E-state index contributed by atoms with van der Waals surface area (Å²) in [4.78, 5) is 16.9. The predicted molar refractivity (Wildman–Crippen MR) is 113 cm³/mol. The summed E-state index contributed by atoms with van der Waals surface area (Å²) < 4.78 is 2.06. The largest absolute Gasteiger partial charge is 0.325 e. The number of aryl methyl sites for hydroxylation is 2. The summed E-state index contributed by atoms with van der Waals surface area (Å²) in [7, 11) is 0. The van der Waals surface area contributed by atoms with E-state index < -0.39 is 0 Å². The molecule has 0 aliphatic carbocycles. The number of para-hydroxylation sites is 2. The zero-order chi connectivity index (χ0) is 19.4. The Kier molecular flexibility index (Phi) is 6.01. The van der Waals surface area contributed by atoms with Gasteiger partial charge < -0.3 is 5.32 Å². The summed E-state index contributed by atoms with van der Waals surface area (Å²) >= 11 is 1.45. The molecule has 3 aromatic rings. The first kappa shape index (κ1) is 19.2. The van der Waals surface area contributed by atoms with Crippen molar-refractivity contribution >= 4 is 23.4 Å². The van der Waals surface area contributed by atoms with E-state index in [4.69, 9.17) is 0 Å². The molecule has 0 fully saturated rings. The van der Waals surface area contributed by atoms with Crippen LogP contribution in [0.5, 0.6) is 0 Å². The monoisotopic (exact) mass is 379 g/mol. The molecule has 5 heteroatoms. The first-order valence-corrected chi connectivity index (χ1v) is 10.1. The molecule has 0 unspecified atom stereocenters. The van der Waals surface area contributed by atoms with Crippen LogP contribution < -0.4 is 5.32 Å². The lowest BCUT2D eigenvalue weighted by Crippen LogP contribution is -2.16. The maximum Gasteiger partial charge on any atom is 0.234 e. The lowest BCUT2D eigenvalue weighted by atomic mass is 10.0. The number of amides is 1. The Bertz CT molecular complexity index is 926. The van der Waals surface area contributed by atoms with Crippen molar-refractivity contribution in [3.8, 4) is 5.69 Å². The van der Waals surface area contributed by atoms with Crippen molar-refractivity contribution in [2.24, 2.45) is 0 Å². The van der Waals surface area contributed by atoms with Crippen LogP contribution in [-0.2, 0) is 4.79 Å². The summed E-state index contributed by atoms with van der Waals surface area (Å²) in [6.07, 6.45) is 3.73. The number of carbonyl (C=O) groups excluding carboxylic acids is 1. The van der Waals surface area contributed by atoms with Crippen molar-refractivity contribution < 1.29 is 4.79 Å². The lowest BCUT2D eigenvalue weighted by Gasteiger charge is -2.15. The summed E-state index contributed by atoms with van der Waals surface area (Å²) in [5.74, 6) is 0.701. The number of hydrogen-bond donors (Lipinski definition) is 1. The van der Waals surface area contributed by atoms with Crippen LogP contribution in [0.3, 0.4) is 0 Å². The Morgan fingerprint density at radius 1 is 1.11 bits per heavy atom. The second kappa shape index (κ2) is 8.44. The van der Waals surface area contributed by atoms with Crippen LogP contribution >= 0.6 is 11.8 Å². The van der Waals surface area contributed by atoms with Crippen molar-refractivity contribution in [2.75, 3.05) is 11.1 Å². The minimum Gasteiger partial charge on any atom is -0.325 e. The molecule has 3 rings (SSSR count). The SMILES string of the molecule is Cc1cccc(C)c1NC(=O)CSc1nccn1-c1ccccc1C(C)C. The van der Waals surface area contributed by atoms with Crippen molar-refractivity contribution in [3.63, 3.8) is 0 Å². The van der Waals surface area contributed by atoms with E-state index in [1.54, 1.807) is 6.20 Å². The standard InChI is InChI=1S/C22H25N3OS/c1-15(2)18-10-5-6-11-19(18)25-13-12-23-22(25)27-14-20(26)24-21-16(3)8-7-9-17(21)4/h5-13,15H,14H2,1-4H3,(H,24,26). The average molecular weight is 380 g/mol. The summed E-state index contributed by atoms with van der Waals surface area (Å²) in [5.41, 5.74) is 5.41. The number of aromatic nitrogens is 2. The van der Waals surface area contributed by atoms with E-state index in [-0.39, 0.29) is 5.91 Å². The predicted octanol–water partition coefficient (Wildman–Crippen LogP) is 5.34. The highest BCUT2D eigenvalue weighted by Crippen LogP contribution is 2.27. The Hall–Kier alpha value is -2.53. The highest BCUT2D eigenvalue weighted by Gasteiger charge is 2.14. The molecule has 1 aromatic heterocycles. The van der Waals surface area contributed by atoms with Crippen LogP contribution in [0.25, 0.3) is 5.69 Å². The molecule has 0 aliphatic rings. The third-order valence-electron chi connectivity index (χ3n) is 4.50. The van der Waals surface area contributed by atoms with Crippen molar-refractivity contribution in [3.05, 3.63) is 71.5 Å². The number of hydrogen-bond acceptors (Lipinski definition) is 3. The van der Waals surface area contributed by atoms with Gasteiger partial charge in [-0.3, -0.25) is 9.36 Å². The normalized spacial score (nSPS) is 11.0. The fourth-order valence-electron chi connectivity index (χ4n) is 3.09. The molecule has 4 nitrogen and oxygen atoms in total. The molecule has 140 valence electrons. The molecule has 0 saturated heterocycles. The highest BCUT2D eigenvalue weighted by molar-refractivity contribution is 7.99. The third kappa shape index (κ3) is 4.42. The van der Waals surface area contributed by atoms with E-state index in [9.17, 15) is 4.79 Å². The van der Waals surface area contributed by atoms with E-state index >= 15 is 0 Å². The van der Waals surface area contributed by atoms with E-state index in [1.165, 1.54) is 17.3 Å². The minimum absolute atomic E-state index is 0.0240. The van der Waals surface area contributed by atoms with Gasteiger partial charge in [0.1, 0.15) is 0 Å². The molecule has 1 heterocycles. The summed E-state index contributed by atoms with van der Waals surface area (Å²) in [6, 6.07) is 14.3. The topological polar surface area (TPSA) is 46.9 Å². The summed E-state index contributed by atoms with van der Waals surface area (Å²) in [5, 5.41) is 3.85. The smallest absolute Gasteiger partial charge is 0.234 e. The number of anilines is 1. The molecule has 0 aliphatic heterocycles. The van der Waals surface area contributed by atoms with Crippen LogP contribution in [0.4, 0.5) is 5.69 Å². The van der Waals surface area contributed by atoms with Crippen LogP contribution in [0, 0.1) is 13.8 Å². The zero-order valence-corrected chi connectivity index (χ0v) is 17.0. The van der Waals surface area contributed by atoms with Gasteiger partial charge in [0, 0.05) is 18.1 Å². The van der Waals surface area contributed by atoms with Crippen LogP contribution in [0.2, 0.25) is 0 Å². The Morgan fingerprint density at radius 3 is 2.52 bits per heavy atom. The Labute approximate surface area is 165 Å². The minimum atomic E-state index is -0.0240. The highest BCUT2D eigenvalue weighted by atomic mass is 32.2. The average Bonchev–Trinajstić information content (AvgIpc) is 3.11. The zero-order valence-electron chi connectivity index (χ0n) is 16.2. The maximum atomic E-state index is 12.5. The van der Waals surface area contributed by atoms with E-state index in [0.29, 0.717) is 11.7 Å². The fraction of sp³-hybridized carbons (Fsp3) is 0.273. The van der Waals surface area contributed by atoms with Crippen molar-refractivity contribution in [1.29, 1.82) is 0 Å². The molecule has 0 radical (unpaired) electrons. The molecule has 2 aromatic carbocycles. The van der Waals surface area contributed by atoms with Crippen LogP contribution in [-0.4, -0.2) is 21.2 Å². The number of rotatable bonds is 6. The number of carbonyl (C=O) groups is 1. The molecule has 0 bridgehead atoms. The first-order valence-electron chi connectivity index (χ1n) is 9.09. The lowest BCUT2D eigenvalue weighted by molar-refractivity contribution is -0.113. The molecule has 0 atom stereocenters. The Morgan fingerprint density at radius 2 is 1.81 bits per heavy atom. The van der Waals surface area contributed by atoms with Gasteiger partial charge in [0.2, 0.25) is 5.91 Å². The second-order valence-corrected chi connectivity index (χ2v) is 7.84. The molecule has 1 amide bonds. The van der Waals surface area contributed by atoms with E-state index in [2.05, 4.69) is 46.9 Å². The quantitative estimate of drug-likeness (QED) is 0.588. The second-order valence-electron chi connectivity index (χ2n) is 6.90. The molecular weight excluding hydrogens is 354 g/mol. The molecule has 0 saturated carbocycles. The number of benzene rings is 2. The summed E-state index contributed by atoms with van der Waals surface area (Å²) in [6.45, 7) is 8.37. The first-order chi connectivity index (χ1) is 13.0. The van der Waals surface area contributed by atoms with E-state index in [0.717, 1.165) is 27.7 Å². The third-order valence-corrected chi connectivity index (χ3v) is 5.47. The van der Waals surface area contributed by atoms with Crippen LogP contribution in [0.1, 0.15) is 36.5 Å². The number of nitrogens with zero attached hydrogens (tertiary/aromatic N) is 2. The number of thioether (sulfide) groups is 1. The number of imidazole rings is 1. The maximum absolute atomic E-state index is 12.5. The van der Waals surface area contributed by atoms with Gasteiger partial charge in [-0.2, -0.15) is 0 Å². The Balaban J connectivity index is 1.74.